The van der Waals surface area contributed by atoms with Crippen LogP contribution in [0.1, 0.15) is 138 Å². The molecule has 0 unspecified atom stereocenters. The second-order valence-electron chi connectivity index (χ2n) is 32.9. The lowest BCUT2D eigenvalue weighted by Gasteiger charge is -2.07. The van der Waals surface area contributed by atoms with Crippen molar-refractivity contribution in [2.45, 2.75) is 103 Å². The number of benzene rings is 11. The lowest BCUT2D eigenvalue weighted by atomic mass is 10.0. The quantitative estimate of drug-likeness (QED) is 0.0187. The lowest BCUT2D eigenvalue weighted by Crippen LogP contribution is -2.19. The molecule has 31 heteroatoms. The van der Waals surface area contributed by atoms with Crippen LogP contribution in [0, 0.1) is 12.7 Å². The van der Waals surface area contributed by atoms with Gasteiger partial charge in [-0.25, -0.2) is 44.0 Å². The van der Waals surface area contributed by atoms with Crippen LogP contribution in [0.2, 0.25) is 10.0 Å². The fraction of sp³-hybridized carbons (Fsp3) is 0.148. The van der Waals surface area contributed by atoms with E-state index >= 15 is 0 Å². The molecule has 11 aromatic carbocycles. The highest BCUT2D eigenvalue weighted by Crippen LogP contribution is 2.27. The van der Waals surface area contributed by atoms with Crippen molar-refractivity contribution in [1.82, 2.24) is 81.6 Å². The number of nitrogens with zero attached hydrogens (tertiary/aromatic N) is 8. The van der Waals surface area contributed by atoms with E-state index in [1.165, 1.54) is 80.2 Å². The molecule has 696 valence electrons. The molecule has 0 aliphatic heterocycles. The molecule has 19 aromatic rings. The van der Waals surface area contributed by atoms with Gasteiger partial charge in [-0.2, -0.15) is 40.8 Å². The van der Waals surface area contributed by atoms with Crippen LogP contribution >= 0.6 is 23.2 Å². The molecule has 28 nitrogen and oxygen atoms in total. The van der Waals surface area contributed by atoms with E-state index in [1.807, 2.05) is 165 Å². The van der Waals surface area contributed by atoms with E-state index in [4.69, 9.17) is 42.1 Å². The molecule has 0 spiro atoms. The number of rotatable bonds is 31. The zero-order valence-electron chi connectivity index (χ0n) is 75.1. The molecule has 0 bridgehead atoms. The highest BCUT2D eigenvalue weighted by atomic mass is 35.5. The summed E-state index contributed by atoms with van der Waals surface area (Å²) in [6.07, 6.45) is 9.91. The van der Waals surface area contributed by atoms with Crippen molar-refractivity contribution >= 4 is 79.4 Å². The van der Waals surface area contributed by atoms with Gasteiger partial charge in [0.05, 0.1) is 22.8 Å². The predicted molar refractivity (Wildman–Crippen MR) is 527 cm³/mol. The van der Waals surface area contributed by atoms with Crippen molar-refractivity contribution < 1.29 is 42.5 Å². The number of halogens is 3. The van der Waals surface area contributed by atoms with Crippen molar-refractivity contribution in [2.75, 3.05) is 0 Å². The number of hydrogen-bond donors (Lipinski definition) is 8. The maximum Gasteiger partial charge on any atom is 0.364 e. The average Bonchev–Trinajstić information content (AvgIpc) is 1.54. The third-order valence-electron chi connectivity index (χ3n) is 22.7. The molecule has 0 amide bonds. The number of aromatic amines is 8. The fourth-order valence-electron chi connectivity index (χ4n) is 15.5. The second kappa shape index (κ2) is 46.3. The number of H-pyrrole nitrogens is 8. The van der Waals surface area contributed by atoms with Gasteiger partial charge in [0, 0.05) is 63.5 Å². The van der Waals surface area contributed by atoms with Gasteiger partial charge < -0.3 is 18.9 Å². The SMILES string of the molecule is Cc1cc(F)cc(CCc2cc(OC(=O)c3cc(CCc4ccc(Cl)cc4)[nH]n3)c(=O)[nH]n2)c1.O=C(Oc1cc(CCc2cccc3ccccc23)n[nH]c1=O)c1cc(CCc2ccc(Cl)cc2)[nH]n1.O=C(Oc1cc(CCc2cccc3ccccc23)n[nH]c1=O)c1cc(CCc2ccccc2)[nH]n1.O=C(Oc1cc(Cc2ccc3ccccc3c2)n[nH]c1=O)c1cc(CCc2ccccc2)[nH]n1. The Morgan fingerprint density at radius 2 is 0.583 bits per heavy atom. The van der Waals surface area contributed by atoms with Crippen LogP contribution in [-0.4, -0.2) is 105 Å². The van der Waals surface area contributed by atoms with Crippen molar-refractivity contribution in [3.8, 4) is 23.0 Å². The zero-order chi connectivity index (χ0) is 96.4. The summed E-state index contributed by atoms with van der Waals surface area (Å²) < 4.78 is 34.9. The maximum absolute atomic E-state index is 13.6. The number of carbonyl (C=O) groups excluding carboxylic acids is 4. The molecule has 0 saturated heterocycles. The number of aromatic nitrogens is 16. The van der Waals surface area contributed by atoms with E-state index in [-0.39, 0.29) is 51.6 Å². The topological polar surface area (TPSA) is 403 Å². The van der Waals surface area contributed by atoms with E-state index < -0.39 is 46.1 Å². The van der Waals surface area contributed by atoms with Crippen LogP contribution in [0.5, 0.6) is 23.0 Å². The first-order chi connectivity index (χ1) is 67.7. The molecule has 8 aromatic heterocycles. The molecule has 19 rings (SSSR count). The van der Waals surface area contributed by atoms with Crippen molar-refractivity contribution in [3.05, 3.63) is 479 Å². The van der Waals surface area contributed by atoms with E-state index in [2.05, 4.69) is 167 Å². The molecular weight excluding hydrogens is 1800 g/mol. The Labute approximate surface area is 803 Å². The molecule has 0 saturated carbocycles. The van der Waals surface area contributed by atoms with E-state index in [9.17, 15) is 42.7 Å². The van der Waals surface area contributed by atoms with Gasteiger partial charge in [0.1, 0.15) is 5.82 Å². The Bertz CT molecular complexity index is 7760. The van der Waals surface area contributed by atoms with Crippen LogP contribution < -0.4 is 41.2 Å². The molecular formula is C108H91Cl2FN16O12. The Hall–Kier alpha value is -17.1. The minimum atomic E-state index is -0.752. The van der Waals surface area contributed by atoms with Gasteiger partial charge in [0.2, 0.25) is 0 Å². The largest absolute Gasteiger partial charge is 0.416 e. The Morgan fingerprint density at radius 3 is 0.971 bits per heavy atom. The smallest absolute Gasteiger partial charge is 0.364 e. The summed E-state index contributed by atoms with van der Waals surface area (Å²) in [4.78, 5) is 99.1. The first kappa shape index (κ1) is 95.1. The monoisotopic (exact) mass is 1890 g/mol. The van der Waals surface area contributed by atoms with Gasteiger partial charge >= 0.3 is 46.1 Å². The Kier molecular flexibility index (Phi) is 31.7. The number of esters is 4. The van der Waals surface area contributed by atoms with Gasteiger partial charge in [-0.05, 0) is 240 Å². The summed E-state index contributed by atoms with van der Waals surface area (Å²) in [5.41, 5.74) is 13.3. The van der Waals surface area contributed by atoms with Gasteiger partial charge in [-0.15, -0.1) is 0 Å². The van der Waals surface area contributed by atoms with Gasteiger partial charge in [-0.1, -0.05) is 242 Å². The van der Waals surface area contributed by atoms with E-state index in [0.717, 1.165) is 99.9 Å². The van der Waals surface area contributed by atoms with Crippen LogP contribution in [0.3, 0.4) is 0 Å². The molecule has 8 heterocycles. The van der Waals surface area contributed by atoms with Crippen molar-refractivity contribution in [3.63, 3.8) is 0 Å². The normalized spacial score (nSPS) is 11.0. The summed E-state index contributed by atoms with van der Waals surface area (Å²) in [6, 6.07) is 95.6. The lowest BCUT2D eigenvalue weighted by molar-refractivity contribution is 0.0716. The summed E-state index contributed by atoms with van der Waals surface area (Å²) in [5.74, 6) is -3.62. The number of fused-ring (bicyclic) bond motifs is 3. The average molecular weight is 1890 g/mol. The summed E-state index contributed by atoms with van der Waals surface area (Å²) >= 11 is 11.8. The number of nitrogens with one attached hydrogen (secondary N) is 8. The molecule has 0 atom stereocenters. The Morgan fingerprint density at radius 1 is 0.266 bits per heavy atom. The standard InChI is InChI=1S/C28H23ClN4O3.C28H24N4O3.C27H22N4O3.C25H22ClFN4O3/c29-21-12-8-18(9-13-21)10-14-22-16-25(32-30-22)28(35)36-26-17-23(31-33-27(26)34)15-11-20-6-3-5-19-4-1-2-7-24(19)20;33-27-26(35-28(34)25-17-22(29-31-25)15-13-19-7-2-1-3-8-19)18-23(30-32-27)16-14-21-11-6-10-20-9-4-5-12-24(20)21;32-26-25(17-23(29-31-26)15-19-10-12-20-8-4-5-9-21(20)14-19)34-27(33)24-16-22(28-30-24)13-11-18-6-2-1-3-7-18;1-15-10-17(12-19(27)11-15)5-9-21-14-23(24(32)31-29-21)34-25(33)22-13-20(28-30-22)8-4-16-2-6-18(26)7-3-16/h1-9,12-13,16-17H,10-11,14-15H2,(H,30,32)(H,33,34);1-12,17-18H,13-16H2,(H,29,31)(H,32,33);1-10,12,14,16-17H,11,13,15H2,(H,28,30)(H,31,32);2-3,6-7,10-14H,4-5,8-9H2,1H3,(H,28,30)(H,31,32). The number of hydrogen-bond acceptors (Lipinski definition) is 20. The van der Waals surface area contributed by atoms with Gasteiger partial charge in [-0.3, -0.25) is 39.6 Å². The molecule has 0 aliphatic carbocycles. The third-order valence-corrected chi connectivity index (χ3v) is 23.2. The zero-order valence-corrected chi connectivity index (χ0v) is 76.6. The summed E-state index contributed by atoms with van der Waals surface area (Å²) in [6.45, 7) is 1.82. The van der Waals surface area contributed by atoms with Crippen LogP contribution in [0.25, 0.3) is 32.3 Å². The molecule has 139 heavy (non-hydrogen) atoms. The highest BCUT2D eigenvalue weighted by Gasteiger charge is 2.23. The van der Waals surface area contributed by atoms with Gasteiger partial charge in [0.15, 0.2) is 45.8 Å². The summed E-state index contributed by atoms with van der Waals surface area (Å²) in [5, 5.41) is 61.9. The van der Waals surface area contributed by atoms with Gasteiger partial charge in [0.25, 0.3) is 0 Å². The maximum atomic E-state index is 13.6. The van der Waals surface area contributed by atoms with Crippen LogP contribution in [0.15, 0.2) is 322 Å². The first-order valence-corrected chi connectivity index (χ1v) is 45.6. The molecule has 8 N–H and O–H groups in total. The van der Waals surface area contributed by atoms with Crippen molar-refractivity contribution in [1.29, 1.82) is 0 Å². The first-order valence-electron chi connectivity index (χ1n) is 44.8. The second-order valence-corrected chi connectivity index (χ2v) is 33.8. The molecule has 0 fully saturated rings. The number of aryl methyl sites for hydroxylation is 15. The van der Waals surface area contributed by atoms with E-state index in [1.54, 1.807) is 24.3 Å². The third kappa shape index (κ3) is 27.0. The minimum Gasteiger partial charge on any atom is -0.416 e. The minimum absolute atomic E-state index is 0.0686. The Balaban J connectivity index is 0.000000134. The molecule has 0 aliphatic rings. The number of carbonyl (C=O) groups is 4. The highest BCUT2D eigenvalue weighted by molar-refractivity contribution is 6.30. The van der Waals surface area contributed by atoms with Crippen LogP contribution in [0.4, 0.5) is 4.39 Å². The van der Waals surface area contributed by atoms with Crippen LogP contribution in [-0.2, 0) is 96.3 Å². The molecule has 0 radical (unpaired) electrons. The van der Waals surface area contributed by atoms with Crippen molar-refractivity contribution in [2.24, 2.45) is 0 Å². The predicted octanol–water partition coefficient (Wildman–Crippen LogP) is 18.1. The fourth-order valence-corrected chi connectivity index (χ4v) is 15.8. The van der Waals surface area contributed by atoms with E-state index in [0.29, 0.717) is 90.6 Å². The number of ether oxygens (including phenoxy) is 4. The summed E-state index contributed by atoms with van der Waals surface area (Å²) in [7, 11) is 0.